The molecule has 0 bridgehead atoms. The van der Waals surface area contributed by atoms with Crippen molar-refractivity contribution >= 4 is 17.5 Å². The molecule has 1 aliphatic heterocycles. The number of ether oxygens (including phenoxy) is 1. The molecule has 0 aromatic heterocycles. The van der Waals surface area contributed by atoms with Crippen LogP contribution >= 0.6 is 0 Å². The molecule has 2 rings (SSSR count). The van der Waals surface area contributed by atoms with Crippen LogP contribution in [0.1, 0.15) is 70.2 Å². The van der Waals surface area contributed by atoms with Gasteiger partial charge in [0.1, 0.15) is 0 Å². The Bertz CT molecular complexity index is 627. The van der Waals surface area contributed by atoms with Crippen LogP contribution < -0.4 is 5.32 Å². The van der Waals surface area contributed by atoms with E-state index >= 15 is 0 Å². The molecule has 1 aliphatic rings. The minimum atomic E-state index is -0.203. The number of amides is 2. The number of benzene rings is 1. The lowest BCUT2D eigenvalue weighted by Gasteiger charge is -2.41. The molecule has 1 heterocycles. The molecule has 1 aromatic carbocycles. The van der Waals surface area contributed by atoms with Crippen molar-refractivity contribution in [1.29, 1.82) is 0 Å². The Morgan fingerprint density at radius 3 is 2.73 bits per heavy atom. The number of nitrogens with one attached hydrogen (secondary N) is 1. The molecule has 0 unspecified atom stereocenters. The number of unbranched alkanes of at least 4 members (excludes halogenated alkanes) is 1. The van der Waals surface area contributed by atoms with Crippen molar-refractivity contribution in [3.8, 4) is 0 Å². The Balaban J connectivity index is 2.09. The van der Waals surface area contributed by atoms with Crippen LogP contribution in [0.4, 0.5) is 5.69 Å². The summed E-state index contributed by atoms with van der Waals surface area (Å²) in [6.07, 6.45) is 4.05. The molecule has 5 nitrogen and oxygen atoms in total. The Kier molecular flexibility index (Phi) is 7.21. The average Bonchev–Trinajstić information content (AvgIpc) is 2.60. The first-order valence-corrected chi connectivity index (χ1v) is 9.71. The summed E-state index contributed by atoms with van der Waals surface area (Å²) in [6.45, 7) is 9.55. The van der Waals surface area contributed by atoms with Gasteiger partial charge < -0.3 is 15.0 Å². The highest BCUT2D eigenvalue weighted by atomic mass is 16.5. The van der Waals surface area contributed by atoms with Crippen molar-refractivity contribution in [3.63, 3.8) is 0 Å². The number of carbonyl (C=O) groups excluding carboxylic acids is 2. The van der Waals surface area contributed by atoms with Crippen LogP contribution in [0.2, 0.25) is 0 Å². The molecule has 2 amide bonds. The second-order valence-corrected chi connectivity index (χ2v) is 7.58. The highest BCUT2D eigenvalue weighted by molar-refractivity contribution is 5.97. The maximum Gasteiger partial charge on any atom is 0.254 e. The SMILES string of the molecule is CCCCC(=O)Nc1cccc(C(=O)N(CC)[C@H]2CCOC(C)(C)C2)c1. The largest absolute Gasteiger partial charge is 0.375 e. The number of hydrogen-bond donors (Lipinski definition) is 1. The molecule has 0 saturated carbocycles. The lowest BCUT2D eigenvalue weighted by atomic mass is 9.92. The van der Waals surface area contributed by atoms with Crippen LogP contribution in [0.3, 0.4) is 0 Å². The van der Waals surface area contributed by atoms with E-state index in [0.717, 1.165) is 25.7 Å². The van der Waals surface area contributed by atoms with Gasteiger partial charge in [-0.1, -0.05) is 19.4 Å². The zero-order chi connectivity index (χ0) is 19.2. The van der Waals surface area contributed by atoms with E-state index in [2.05, 4.69) is 26.1 Å². The molecular formula is C21H32N2O3. The van der Waals surface area contributed by atoms with Crippen molar-refractivity contribution in [2.24, 2.45) is 0 Å². The van der Waals surface area contributed by atoms with Crippen LogP contribution in [0.15, 0.2) is 24.3 Å². The predicted octanol–water partition coefficient (Wildman–Crippen LogP) is 4.24. The first kappa shape index (κ1) is 20.4. The summed E-state index contributed by atoms with van der Waals surface area (Å²) >= 11 is 0. The van der Waals surface area contributed by atoms with Crippen molar-refractivity contribution < 1.29 is 14.3 Å². The van der Waals surface area contributed by atoms with E-state index in [4.69, 9.17) is 4.74 Å². The second-order valence-electron chi connectivity index (χ2n) is 7.58. The van der Waals surface area contributed by atoms with Gasteiger partial charge >= 0.3 is 0 Å². The van der Waals surface area contributed by atoms with Gasteiger partial charge in [-0.15, -0.1) is 0 Å². The van der Waals surface area contributed by atoms with E-state index < -0.39 is 0 Å². The lowest BCUT2D eigenvalue weighted by molar-refractivity contribution is -0.116. The highest BCUT2D eigenvalue weighted by Crippen LogP contribution is 2.28. The average molecular weight is 360 g/mol. The Morgan fingerprint density at radius 2 is 2.08 bits per heavy atom. The van der Waals surface area contributed by atoms with E-state index in [-0.39, 0.29) is 23.5 Å². The standard InChI is InChI=1S/C21H32N2O3/c1-5-7-11-19(24)22-17-10-8-9-16(14-17)20(25)23(6-2)18-12-13-26-21(3,4)15-18/h8-10,14,18H,5-7,11-13,15H2,1-4H3,(H,22,24)/t18-/m0/s1. The zero-order valence-electron chi connectivity index (χ0n) is 16.5. The number of hydrogen-bond acceptors (Lipinski definition) is 3. The van der Waals surface area contributed by atoms with Crippen molar-refractivity contribution in [2.75, 3.05) is 18.5 Å². The maximum absolute atomic E-state index is 13.1. The maximum atomic E-state index is 13.1. The van der Waals surface area contributed by atoms with Gasteiger partial charge in [0.2, 0.25) is 5.91 Å². The van der Waals surface area contributed by atoms with Crippen molar-refractivity contribution in [2.45, 2.75) is 71.4 Å². The molecule has 1 atom stereocenters. The monoisotopic (exact) mass is 360 g/mol. The molecule has 1 fully saturated rings. The molecule has 1 aromatic rings. The van der Waals surface area contributed by atoms with E-state index in [1.807, 2.05) is 30.0 Å². The van der Waals surface area contributed by atoms with Crippen LogP contribution in [-0.4, -0.2) is 41.5 Å². The fourth-order valence-electron chi connectivity index (χ4n) is 3.49. The molecule has 144 valence electrons. The van der Waals surface area contributed by atoms with E-state index in [1.54, 1.807) is 6.07 Å². The summed E-state index contributed by atoms with van der Waals surface area (Å²) in [5.74, 6) is 0.00910. The summed E-state index contributed by atoms with van der Waals surface area (Å²) in [6, 6.07) is 7.43. The molecule has 0 radical (unpaired) electrons. The van der Waals surface area contributed by atoms with Crippen LogP contribution in [0.25, 0.3) is 0 Å². The third-order valence-corrected chi connectivity index (χ3v) is 4.86. The summed E-state index contributed by atoms with van der Waals surface area (Å²) < 4.78 is 5.79. The lowest BCUT2D eigenvalue weighted by Crippen LogP contribution is -2.48. The fraction of sp³-hybridized carbons (Fsp3) is 0.619. The van der Waals surface area contributed by atoms with E-state index in [0.29, 0.717) is 30.8 Å². The van der Waals surface area contributed by atoms with Gasteiger partial charge in [0.15, 0.2) is 0 Å². The number of anilines is 1. The number of nitrogens with zero attached hydrogens (tertiary/aromatic N) is 1. The van der Waals surface area contributed by atoms with Gasteiger partial charge in [0.25, 0.3) is 5.91 Å². The van der Waals surface area contributed by atoms with Crippen LogP contribution in [0.5, 0.6) is 0 Å². The summed E-state index contributed by atoms with van der Waals surface area (Å²) in [7, 11) is 0. The van der Waals surface area contributed by atoms with Crippen molar-refractivity contribution in [1.82, 2.24) is 4.90 Å². The Hall–Kier alpha value is -1.88. The summed E-state index contributed by atoms with van der Waals surface area (Å²) in [5.41, 5.74) is 1.09. The normalized spacial score (nSPS) is 19.0. The van der Waals surface area contributed by atoms with Crippen LogP contribution in [0, 0.1) is 0 Å². The third-order valence-electron chi connectivity index (χ3n) is 4.86. The van der Waals surface area contributed by atoms with E-state index in [9.17, 15) is 9.59 Å². The van der Waals surface area contributed by atoms with Crippen LogP contribution in [-0.2, 0) is 9.53 Å². The highest BCUT2D eigenvalue weighted by Gasteiger charge is 2.34. The molecular weight excluding hydrogens is 328 g/mol. The minimum Gasteiger partial charge on any atom is -0.375 e. The second kappa shape index (κ2) is 9.17. The van der Waals surface area contributed by atoms with Gasteiger partial charge in [-0.2, -0.15) is 0 Å². The summed E-state index contributed by atoms with van der Waals surface area (Å²) in [4.78, 5) is 26.9. The first-order valence-electron chi connectivity index (χ1n) is 9.71. The van der Waals surface area contributed by atoms with Crippen molar-refractivity contribution in [3.05, 3.63) is 29.8 Å². The number of carbonyl (C=O) groups is 2. The minimum absolute atomic E-state index is 0.00465. The first-order chi connectivity index (χ1) is 12.4. The fourth-order valence-corrected chi connectivity index (χ4v) is 3.49. The molecule has 5 heteroatoms. The zero-order valence-corrected chi connectivity index (χ0v) is 16.5. The Labute approximate surface area is 157 Å². The predicted molar refractivity (Wildman–Crippen MR) is 104 cm³/mol. The van der Waals surface area contributed by atoms with Gasteiger partial charge in [-0.3, -0.25) is 9.59 Å². The molecule has 26 heavy (non-hydrogen) atoms. The quantitative estimate of drug-likeness (QED) is 0.791. The molecule has 0 spiro atoms. The van der Waals surface area contributed by atoms with E-state index in [1.165, 1.54) is 0 Å². The summed E-state index contributed by atoms with van der Waals surface area (Å²) in [5, 5.41) is 2.89. The molecule has 1 saturated heterocycles. The third kappa shape index (κ3) is 5.56. The smallest absolute Gasteiger partial charge is 0.254 e. The Morgan fingerprint density at radius 1 is 1.31 bits per heavy atom. The number of rotatable bonds is 7. The topological polar surface area (TPSA) is 58.6 Å². The van der Waals surface area contributed by atoms with Gasteiger partial charge in [-0.05, 0) is 58.2 Å². The van der Waals surface area contributed by atoms with Gasteiger partial charge in [-0.25, -0.2) is 0 Å². The van der Waals surface area contributed by atoms with Gasteiger partial charge in [0, 0.05) is 36.9 Å². The molecule has 1 N–H and O–H groups in total. The molecule has 0 aliphatic carbocycles. The van der Waals surface area contributed by atoms with Gasteiger partial charge in [0.05, 0.1) is 5.60 Å².